The Hall–Kier alpha value is -4.26. The second-order valence-electron chi connectivity index (χ2n) is 7.31. The van der Waals surface area contributed by atoms with E-state index in [9.17, 15) is 9.59 Å². The highest BCUT2D eigenvalue weighted by atomic mass is 16.1. The molecule has 0 saturated heterocycles. The van der Waals surface area contributed by atoms with Gasteiger partial charge in [-0.1, -0.05) is 30.3 Å². The number of pyridine rings is 1. The summed E-state index contributed by atoms with van der Waals surface area (Å²) in [7, 11) is 1.58. The van der Waals surface area contributed by atoms with Crippen molar-refractivity contribution in [3.8, 4) is 22.6 Å². The zero-order valence-corrected chi connectivity index (χ0v) is 16.8. The standard InChI is InChI=1S/C24H19N5O2/c1-25-23(30)20-13-15(9-10-26-20)11-14-7-8-18-19(12-14)28-22(27-18)21-16-5-3-2-4-6-17(16)29-24(21)31/h2-10,12-13H,11H2,1H3,(H,25,30)(H,27,28)(H,29,31). The summed E-state index contributed by atoms with van der Waals surface area (Å²) < 4.78 is 0. The quantitative estimate of drug-likeness (QED) is 0.423. The normalized spacial score (nSPS) is 11.1. The molecule has 31 heavy (non-hydrogen) atoms. The van der Waals surface area contributed by atoms with E-state index in [2.05, 4.69) is 25.3 Å². The third-order valence-corrected chi connectivity index (χ3v) is 5.26. The molecule has 3 N–H and O–H groups in total. The summed E-state index contributed by atoms with van der Waals surface area (Å²) in [4.78, 5) is 39.4. The number of aromatic nitrogens is 4. The molecular weight excluding hydrogens is 390 g/mol. The molecule has 1 aromatic carbocycles. The van der Waals surface area contributed by atoms with Crippen LogP contribution in [0.1, 0.15) is 21.6 Å². The van der Waals surface area contributed by atoms with Gasteiger partial charge >= 0.3 is 0 Å². The molecule has 7 heteroatoms. The molecule has 1 aliphatic heterocycles. The largest absolute Gasteiger partial charge is 0.354 e. The molecular formula is C24H19N5O2. The van der Waals surface area contributed by atoms with Crippen molar-refractivity contribution in [3.05, 3.63) is 94.0 Å². The summed E-state index contributed by atoms with van der Waals surface area (Å²) in [6.07, 6.45) is 2.28. The first-order valence-electron chi connectivity index (χ1n) is 9.89. The SMILES string of the molecule is CNC(=O)c1cc(Cc2ccc3nc(-c4c5cccccc-5[nH]c4=O)[nH]c3c2)ccn1. The molecule has 0 unspecified atom stereocenters. The molecule has 1 amide bonds. The minimum absolute atomic E-state index is 0.168. The molecule has 0 fully saturated rings. The summed E-state index contributed by atoms with van der Waals surface area (Å²) in [5.74, 6) is 0.330. The maximum atomic E-state index is 12.6. The highest BCUT2D eigenvalue weighted by Crippen LogP contribution is 2.29. The van der Waals surface area contributed by atoms with Gasteiger partial charge in [-0.3, -0.25) is 14.6 Å². The van der Waals surface area contributed by atoms with E-state index < -0.39 is 0 Å². The molecule has 2 aliphatic rings. The van der Waals surface area contributed by atoms with Gasteiger partial charge in [0.15, 0.2) is 0 Å². The van der Waals surface area contributed by atoms with E-state index in [1.165, 1.54) is 0 Å². The van der Waals surface area contributed by atoms with E-state index in [1.54, 1.807) is 19.3 Å². The van der Waals surface area contributed by atoms with Crippen LogP contribution in [0.3, 0.4) is 0 Å². The summed E-state index contributed by atoms with van der Waals surface area (Å²) in [5.41, 5.74) is 6.04. The van der Waals surface area contributed by atoms with Gasteiger partial charge in [0.1, 0.15) is 11.5 Å². The van der Waals surface area contributed by atoms with E-state index in [0.29, 0.717) is 23.5 Å². The Kier molecular flexibility index (Phi) is 4.55. The predicted octanol–water partition coefficient (Wildman–Crippen LogP) is 3.37. The van der Waals surface area contributed by atoms with Gasteiger partial charge in [-0.05, 0) is 47.9 Å². The van der Waals surface area contributed by atoms with Gasteiger partial charge in [0.05, 0.1) is 16.6 Å². The number of benzene rings is 1. The van der Waals surface area contributed by atoms with Crippen LogP contribution in [0.15, 0.2) is 71.7 Å². The van der Waals surface area contributed by atoms with Gasteiger partial charge in [-0.2, -0.15) is 0 Å². The highest BCUT2D eigenvalue weighted by molar-refractivity contribution is 5.92. The molecule has 1 aliphatic carbocycles. The maximum absolute atomic E-state index is 12.6. The number of nitrogens with zero attached hydrogens (tertiary/aromatic N) is 2. The number of H-pyrrole nitrogens is 2. The second-order valence-corrected chi connectivity index (χ2v) is 7.31. The van der Waals surface area contributed by atoms with E-state index in [1.807, 2.05) is 54.6 Å². The van der Waals surface area contributed by atoms with Crippen molar-refractivity contribution in [1.82, 2.24) is 25.3 Å². The number of hydrogen-bond acceptors (Lipinski definition) is 4. The van der Waals surface area contributed by atoms with Crippen LogP contribution in [-0.4, -0.2) is 32.9 Å². The first-order chi connectivity index (χ1) is 15.1. The van der Waals surface area contributed by atoms with Crippen molar-refractivity contribution < 1.29 is 4.79 Å². The number of amides is 1. The molecule has 3 aromatic rings. The van der Waals surface area contributed by atoms with E-state index in [0.717, 1.165) is 33.4 Å². The van der Waals surface area contributed by atoms with Crippen LogP contribution in [0.2, 0.25) is 0 Å². The molecule has 152 valence electrons. The minimum atomic E-state index is -0.212. The van der Waals surface area contributed by atoms with E-state index in [-0.39, 0.29) is 11.5 Å². The number of rotatable bonds is 4. The Morgan fingerprint density at radius 1 is 1.00 bits per heavy atom. The molecule has 0 bridgehead atoms. The van der Waals surface area contributed by atoms with Crippen LogP contribution in [0.25, 0.3) is 33.7 Å². The third-order valence-electron chi connectivity index (χ3n) is 5.26. The molecule has 7 nitrogen and oxygen atoms in total. The zero-order valence-electron chi connectivity index (χ0n) is 16.8. The average Bonchev–Trinajstić information content (AvgIpc) is 3.24. The van der Waals surface area contributed by atoms with E-state index >= 15 is 0 Å². The van der Waals surface area contributed by atoms with Gasteiger partial charge in [0.25, 0.3) is 11.5 Å². The number of aromatic amines is 2. The highest BCUT2D eigenvalue weighted by Gasteiger charge is 2.18. The fourth-order valence-electron chi connectivity index (χ4n) is 3.77. The lowest BCUT2D eigenvalue weighted by molar-refractivity contribution is 0.0958. The second kappa shape index (κ2) is 7.53. The zero-order chi connectivity index (χ0) is 21.4. The van der Waals surface area contributed by atoms with Crippen molar-refractivity contribution in [2.75, 3.05) is 7.05 Å². The summed E-state index contributed by atoms with van der Waals surface area (Å²) >= 11 is 0. The Morgan fingerprint density at radius 2 is 1.84 bits per heavy atom. The monoisotopic (exact) mass is 409 g/mol. The first-order valence-corrected chi connectivity index (χ1v) is 9.89. The van der Waals surface area contributed by atoms with Crippen LogP contribution >= 0.6 is 0 Å². The maximum Gasteiger partial charge on any atom is 0.269 e. The lowest BCUT2D eigenvalue weighted by Crippen LogP contribution is -2.19. The smallest absolute Gasteiger partial charge is 0.269 e. The van der Waals surface area contributed by atoms with Gasteiger partial charge in [-0.15, -0.1) is 0 Å². The summed E-state index contributed by atoms with van der Waals surface area (Å²) in [5, 5.41) is 2.59. The first kappa shape index (κ1) is 18.7. The molecule has 5 rings (SSSR count). The number of hydrogen-bond donors (Lipinski definition) is 3. The van der Waals surface area contributed by atoms with Gasteiger partial charge in [-0.25, -0.2) is 4.98 Å². The Balaban J connectivity index is 1.51. The number of carbonyl (C=O) groups excluding carboxylic acids is 1. The van der Waals surface area contributed by atoms with Crippen LogP contribution < -0.4 is 10.9 Å². The van der Waals surface area contributed by atoms with Crippen LogP contribution in [-0.2, 0) is 6.42 Å². The van der Waals surface area contributed by atoms with Crippen molar-refractivity contribution in [3.63, 3.8) is 0 Å². The van der Waals surface area contributed by atoms with E-state index in [4.69, 9.17) is 0 Å². The summed E-state index contributed by atoms with van der Waals surface area (Å²) in [6.45, 7) is 0. The predicted molar refractivity (Wildman–Crippen MR) is 119 cm³/mol. The van der Waals surface area contributed by atoms with Crippen molar-refractivity contribution in [2.45, 2.75) is 6.42 Å². The fraction of sp³-hybridized carbons (Fsp3) is 0.0833. The van der Waals surface area contributed by atoms with Crippen molar-refractivity contribution in [1.29, 1.82) is 0 Å². The minimum Gasteiger partial charge on any atom is -0.354 e. The molecule has 2 aromatic heterocycles. The van der Waals surface area contributed by atoms with Crippen LogP contribution in [0.5, 0.6) is 0 Å². The fourth-order valence-corrected chi connectivity index (χ4v) is 3.77. The molecule has 3 heterocycles. The Labute approximate surface area is 177 Å². The van der Waals surface area contributed by atoms with Gasteiger partial charge in [0.2, 0.25) is 0 Å². The number of imidazole rings is 1. The number of fused-ring (bicyclic) bond motifs is 2. The third kappa shape index (κ3) is 3.46. The number of carbonyl (C=O) groups is 1. The molecule has 0 atom stereocenters. The molecule has 0 radical (unpaired) electrons. The lowest BCUT2D eigenvalue weighted by atomic mass is 10.0. The van der Waals surface area contributed by atoms with Crippen LogP contribution in [0, 0.1) is 0 Å². The topological polar surface area (TPSA) is 104 Å². The van der Waals surface area contributed by atoms with Crippen molar-refractivity contribution in [2.24, 2.45) is 0 Å². The van der Waals surface area contributed by atoms with Gasteiger partial charge in [0, 0.05) is 24.5 Å². The van der Waals surface area contributed by atoms with Gasteiger partial charge < -0.3 is 15.3 Å². The number of nitrogens with one attached hydrogen (secondary N) is 3. The lowest BCUT2D eigenvalue weighted by Gasteiger charge is -2.04. The average molecular weight is 409 g/mol. The Morgan fingerprint density at radius 3 is 2.71 bits per heavy atom. The van der Waals surface area contributed by atoms with Crippen LogP contribution in [0.4, 0.5) is 0 Å². The van der Waals surface area contributed by atoms with Crippen molar-refractivity contribution >= 4 is 16.9 Å². The molecule has 0 spiro atoms. The Bertz CT molecular complexity index is 1450. The molecule has 0 saturated carbocycles. The summed E-state index contributed by atoms with van der Waals surface area (Å²) in [6, 6.07) is 19.1.